The zero-order chi connectivity index (χ0) is 22.4. The molecule has 2 heterocycles. The minimum atomic E-state index is 0. The van der Waals surface area contributed by atoms with Gasteiger partial charge in [-0.2, -0.15) is 4.98 Å². The van der Waals surface area contributed by atoms with Crippen molar-refractivity contribution in [3.63, 3.8) is 0 Å². The van der Waals surface area contributed by atoms with E-state index in [0.29, 0.717) is 24.1 Å². The number of rotatable bonds is 14. The van der Waals surface area contributed by atoms with E-state index in [1.807, 2.05) is 0 Å². The second-order valence-electron chi connectivity index (χ2n) is 9.13. The maximum Gasteiger partial charge on any atom is 0.246 e. The fraction of sp³-hybridized carbons (Fsp3) is 0.654. The molecule has 1 amide bonds. The highest BCUT2D eigenvalue weighted by Gasteiger charge is 2.17. The molecule has 7 heteroatoms. The number of aryl methyl sites for hydroxylation is 1. The summed E-state index contributed by atoms with van der Waals surface area (Å²) >= 11 is 0. The second-order valence-corrected chi connectivity index (χ2v) is 9.13. The fourth-order valence-corrected chi connectivity index (χ4v) is 4.33. The molecule has 0 bridgehead atoms. The summed E-state index contributed by atoms with van der Waals surface area (Å²) in [6, 6.07) is 8.44. The Morgan fingerprint density at radius 3 is 2.52 bits per heavy atom. The predicted octanol–water partition coefficient (Wildman–Crippen LogP) is 5.85. The van der Waals surface area contributed by atoms with E-state index in [2.05, 4.69) is 52.0 Å². The van der Waals surface area contributed by atoms with Gasteiger partial charge >= 0.3 is 0 Å². The normalized spacial score (nSPS) is 15.7. The number of amides is 1. The largest absolute Gasteiger partial charge is 0.347 e. The number of carbonyl (C=O) groups excluding carboxylic acids is 1. The minimum Gasteiger partial charge on any atom is -0.347 e. The van der Waals surface area contributed by atoms with E-state index < -0.39 is 0 Å². The van der Waals surface area contributed by atoms with Gasteiger partial charge in [0, 0.05) is 12.0 Å². The summed E-state index contributed by atoms with van der Waals surface area (Å²) in [5.74, 6) is 1.48. The molecule has 1 fully saturated rings. The number of unbranched alkanes of at least 4 members (excludes halogenated alkanes) is 7. The second kappa shape index (κ2) is 15.8. The van der Waals surface area contributed by atoms with Crippen molar-refractivity contribution in [2.24, 2.45) is 5.92 Å². The molecular formula is C26H41ClN4O2. The summed E-state index contributed by atoms with van der Waals surface area (Å²) in [6.07, 6.45) is 14.7. The van der Waals surface area contributed by atoms with Crippen LogP contribution in [0.15, 0.2) is 28.8 Å². The van der Waals surface area contributed by atoms with Gasteiger partial charge in [-0.05, 0) is 50.3 Å². The first-order valence-corrected chi connectivity index (χ1v) is 12.6. The first kappa shape index (κ1) is 27.3. The van der Waals surface area contributed by atoms with Crippen LogP contribution in [0, 0.1) is 5.92 Å². The lowest BCUT2D eigenvalue weighted by Crippen LogP contribution is -2.34. The topological polar surface area (TPSA) is 80.0 Å². The monoisotopic (exact) mass is 476 g/mol. The van der Waals surface area contributed by atoms with Crippen LogP contribution in [0.25, 0.3) is 11.4 Å². The van der Waals surface area contributed by atoms with Crippen molar-refractivity contribution in [1.82, 2.24) is 20.8 Å². The Hall–Kier alpha value is -1.92. The average molecular weight is 477 g/mol. The Bertz CT molecular complexity index is 788. The number of aromatic nitrogens is 2. The van der Waals surface area contributed by atoms with E-state index in [1.54, 1.807) is 0 Å². The van der Waals surface area contributed by atoms with Gasteiger partial charge in [-0.25, -0.2) is 0 Å². The van der Waals surface area contributed by atoms with E-state index in [0.717, 1.165) is 37.9 Å². The molecule has 0 aliphatic carbocycles. The average Bonchev–Trinajstić information content (AvgIpc) is 3.30. The number of nitrogens with zero attached hydrogens (tertiary/aromatic N) is 2. The molecular weight excluding hydrogens is 436 g/mol. The maximum atomic E-state index is 12.2. The van der Waals surface area contributed by atoms with Gasteiger partial charge in [0.15, 0.2) is 0 Å². The molecule has 1 aromatic heterocycles. The molecule has 1 aromatic carbocycles. The zero-order valence-corrected chi connectivity index (χ0v) is 20.9. The number of piperidine rings is 1. The van der Waals surface area contributed by atoms with Crippen molar-refractivity contribution in [2.75, 3.05) is 13.1 Å². The molecule has 3 rings (SSSR count). The summed E-state index contributed by atoms with van der Waals surface area (Å²) in [5.41, 5.74) is 2.30. The highest BCUT2D eigenvalue weighted by molar-refractivity contribution is 5.85. The van der Waals surface area contributed by atoms with Gasteiger partial charge in [0.05, 0.1) is 6.54 Å². The van der Waals surface area contributed by atoms with Gasteiger partial charge < -0.3 is 15.2 Å². The van der Waals surface area contributed by atoms with Crippen molar-refractivity contribution in [2.45, 2.75) is 90.5 Å². The standard InChI is InChI=1S/C26H40N4O2.ClH/c1-2-3-4-5-6-7-8-9-11-21-13-15-23(16-14-21)26-29-25(32-30-26)20-28-24(31)18-22-12-10-17-27-19-22;/h13-16,22,27H,2-12,17-20H2,1H3,(H,28,31);1H/t22-;/m0./s1. The molecule has 33 heavy (non-hydrogen) atoms. The van der Waals surface area contributed by atoms with E-state index in [1.165, 1.54) is 56.9 Å². The third-order valence-corrected chi connectivity index (χ3v) is 6.31. The number of carbonyl (C=O) groups is 1. The predicted molar refractivity (Wildman–Crippen MR) is 135 cm³/mol. The SMILES string of the molecule is CCCCCCCCCCc1ccc(-c2noc(CNC(=O)C[C@@H]3CCCNC3)n2)cc1.Cl. The van der Waals surface area contributed by atoms with Gasteiger partial charge in [-0.3, -0.25) is 4.79 Å². The number of benzene rings is 1. The Morgan fingerprint density at radius 1 is 1.09 bits per heavy atom. The number of hydrogen-bond acceptors (Lipinski definition) is 5. The first-order chi connectivity index (χ1) is 15.7. The van der Waals surface area contributed by atoms with Crippen LogP contribution in [0.3, 0.4) is 0 Å². The Balaban J connectivity index is 0.00000385. The van der Waals surface area contributed by atoms with Crippen LogP contribution in [0.1, 0.15) is 89.0 Å². The minimum absolute atomic E-state index is 0. The summed E-state index contributed by atoms with van der Waals surface area (Å²) in [5, 5.41) is 10.3. The van der Waals surface area contributed by atoms with Gasteiger partial charge in [0.2, 0.25) is 17.6 Å². The Morgan fingerprint density at radius 2 is 1.82 bits per heavy atom. The van der Waals surface area contributed by atoms with Crippen molar-refractivity contribution in [3.8, 4) is 11.4 Å². The van der Waals surface area contributed by atoms with Gasteiger partial charge in [0.25, 0.3) is 0 Å². The van der Waals surface area contributed by atoms with Crippen LogP contribution in [0.4, 0.5) is 0 Å². The molecule has 1 aliphatic heterocycles. The Labute approximate surface area is 205 Å². The molecule has 0 spiro atoms. The van der Waals surface area contributed by atoms with E-state index in [9.17, 15) is 4.79 Å². The van der Waals surface area contributed by atoms with Crippen LogP contribution in [-0.2, 0) is 17.8 Å². The first-order valence-electron chi connectivity index (χ1n) is 12.6. The van der Waals surface area contributed by atoms with Crippen LogP contribution in [-0.4, -0.2) is 29.1 Å². The van der Waals surface area contributed by atoms with Crippen LogP contribution < -0.4 is 10.6 Å². The molecule has 0 saturated carbocycles. The van der Waals surface area contributed by atoms with Crippen molar-refractivity contribution >= 4 is 18.3 Å². The number of nitrogens with one attached hydrogen (secondary N) is 2. The van der Waals surface area contributed by atoms with Gasteiger partial charge in [0.1, 0.15) is 0 Å². The lowest BCUT2D eigenvalue weighted by molar-refractivity contribution is -0.122. The van der Waals surface area contributed by atoms with Crippen molar-refractivity contribution in [3.05, 3.63) is 35.7 Å². The molecule has 0 radical (unpaired) electrons. The van der Waals surface area contributed by atoms with E-state index >= 15 is 0 Å². The summed E-state index contributed by atoms with van der Waals surface area (Å²) in [6.45, 7) is 4.53. The highest BCUT2D eigenvalue weighted by atomic mass is 35.5. The summed E-state index contributed by atoms with van der Waals surface area (Å²) in [4.78, 5) is 16.6. The van der Waals surface area contributed by atoms with Gasteiger partial charge in [-0.15, -0.1) is 12.4 Å². The highest BCUT2D eigenvalue weighted by Crippen LogP contribution is 2.19. The van der Waals surface area contributed by atoms with Gasteiger partial charge in [-0.1, -0.05) is 81.3 Å². The van der Waals surface area contributed by atoms with Crippen LogP contribution in [0.2, 0.25) is 0 Å². The van der Waals surface area contributed by atoms with Crippen molar-refractivity contribution in [1.29, 1.82) is 0 Å². The quantitative estimate of drug-likeness (QED) is 0.334. The number of halogens is 1. The molecule has 2 N–H and O–H groups in total. The molecule has 6 nitrogen and oxygen atoms in total. The smallest absolute Gasteiger partial charge is 0.246 e. The lowest BCUT2D eigenvalue weighted by atomic mass is 9.96. The molecule has 1 aliphatic rings. The molecule has 2 aromatic rings. The molecule has 1 atom stereocenters. The van der Waals surface area contributed by atoms with Crippen LogP contribution in [0.5, 0.6) is 0 Å². The third kappa shape index (κ3) is 10.3. The summed E-state index contributed by atoms with van der Waals surface area (Å²) < 4.78 is 5.33. The van der Waals surface area contributed by atoms with Crippen molar-refractivity contribution < 1.29 is 9.32 Å². The Kier molecular flexibility index (Phi) is 13.1. The summed E-state index contributed by atoms with van der Waals surface area (Å²) in [7, 11) is 0. The fourth-order valence-electron chi connectivity index (χ4n) is 4.33. The lowest BCUT2D eigenvalue weighted by Gasteiger charge is -2.21. The molecule has 184 valence electrons. The zero-order valence-electron chi connectivity index (χ0n) is 20.1. The van der Waals surface area contributed by atoms with E-state index in [4.69, 9.17) is 4.52 Å². The van der Waals surface area contributed by atoms with Crippen LogP contribution >= 0.6 is 12.4 Å². The maximum absolute atomic E-state index is 12.2. The number of hydrogen-bond donors (Lipinski definition) is 2. The third-order valence-electron chi connectivity index (χ3n) is 6.31. The molecule has 1 saturated heterocycles. The molecule has 0 unspecified atom stereocenters. The van der Waals surface area contributed by atoms with E-state index in [-0.39, 0.29) is 24.9 Å².